The fourth-order valence-corrected chi connectivity index (χ4v) is 1.40. The van der Waals surface area contributed by atoms with E-state index in [4.69, 9.17) is 5.11 Å². The van der Waals surface area contributed by atoms with Crippen molar-refractivity contribution in [3.8, 4) is 0 Å². The Kier molecular flexibility index (Phi) is 4.51. The van der Waals surface area contributed by atoms with Gasteiger partial charge in [0, 0.05) is 32.7 Å². The third-order valence-corrected chi connectivity index (χ3v) is 2.38. The number of aliphatic hydroxyl groups is 1. The molecule has 6 heteroatoms. The van der Waals surface area contributed by atoms with Crippen LogP contribution in [0.25, 0.3) is 0 Å². The summed E-state index contributed by atoms with van der Waals surface area (Å²) in [5, 5.41) is 10.8. The summed E-state index contributed by atoms with van der Waals surface area (Å²) in [6.45, 7) is 2.72. The predicted molar refractivity (Wildman–Crippen MR) is 54.2 cm³/mol. The first-order valence-electron chi connectivity index (χ1n) is 5.01. The molecular weight excluding hydrogens is 198 g/mol. The lowest BCUT2D eigenvalue weighted by Crippen LogP contribution is -2.51. The van der Waals surface area contributed by atoms with Gasteiger partial charge < -0.3 is 20.2 Å². The van der Waals surface area contributed by atoms with E-state index in [-0.39, 0.29) is 13.2 Å². The maximum absolute atomic E-state index is 11.5. The second kappa shape index (κ2) is 5.67. The average molecular weight is 215 g/mol. The Labute approximate surface area is 88.8 Å². The van der Waals surface area contributed by atoms with Gasteiger partial charge in [-0.25, -0.2) is 0 Å². The number of carbonyl (C=O) groups excluding carboxylic acids is 2. The van der Waals surface area contributed by atoms with Crippen LogP contribution in [-0.2, 0) is 9.59 Å². The van der Waals surface area contributed by atoms with E-state index in [0.717, 1.165) is 13.1 Å². The van der Waals surface area contributed by atoms with Gasteiger partial charge in [0.2, 0.25) is 0 Å². The van der Waals surface area contributed by atoms with Crippen LogP contribution in [0.3, 0.4) is 0 Å². The van der Waals surface area contributed by atoms with Crippen molar-refractivity contribution in [2.45, 2.75) is 0 Å². The molecule has 1 saturated heterocycles. The fourth-order valence-electron chi connectivity index (χ4n) is 1.40. The summed E-state index contributed by atoms with van der Waals surface area (Å²) in [7, 11) is 1.98. The van der Waals surface area contributed by atoms with Crippen molar-refractivity contribution >= 4 is 11.8 Å². The molecule has 2 amide bonds. The number of rotatable bonds is 2. The molecule has 2 N–H and O–H groups in total. The number of hydrogen-bond donors (Lipinski definition) is 2. The first-order chi connectivity index (χ1) is 7.15. The molecule has 0 aromatic heterocycles. The molecule has 0 unspecified atom stereocenters. The second-order valence-electron chi connectivity index (χ2n) is 3.57. The van der Waals surface area contributed by atoms with E-state index in [1.54, 1.807) is 0 Å². The lowest BCUT2D eigenvalue weighted by molar-refractivity contribution is -0.146. The van der Waals surface area contributed by atoms with Gasteiger partial charge >= 0.3 is 11.8 Å². The van der Waals surface area contributed by atoms with E-state index >= 15 is 0 Å². The Morgan fingerprint density at radius 3 is 2.40 bits per heavy atom. The highest BCUT2D eigenvalue weighted by Crippen LogP contribution is 1.99. The lowest BCUT2D eigenvalue weighted by Gasteiger charge is -2.31. The van der Waals surface area contributed by atoms with Gasteiger partial charge in [0.1, 0.15) is 0 Å². The summed E-state index contributed by atoms with van der Waals surface area (Å²) in [4.78, 5) is 26.4. The third-order valence-electron chi connectivity index (χ3n) is 2.38. The molecule has 0 aliphatic carbocycles. The Morgan fingerprint density at radius 2 is 1.87 bits per heavy atom. The minimum atomic E-state index is -0.631. The highest BCUT2D eigenvalue weighted by Gasteiger charge is 2.24. The van der Waals surface area contributed by atoms with Gasteiger partial charge in [0.25, 0.3) is 0 Å². The number of piperazine rings is 1. The molecule has 1 heterocycles. The number of carbonyl (C=O) groups is 2. The Balaban J connectivity index is 2.36. The van der Waals surface area contributed by atoms with Crippen LogP contribution in [0.2, 0.25) is 0 Å². The summed E-state index contributed by atoms with van der Waals surface area (Å²) >= 11 is 0. The van der Waals surface area contributed by atoms with Gasteiger partial charge in [-0.15, -0.1) is 0 Å². The van der Waals surface area contributed by atoms with Crippen molar-refractivity contribution in [2.24, 2.45) is 0 Å². The molecule has 0 bridgehead atoms. The summed E-state index contributed by atoms with van der Waals surface area (Å²) < 4.78 is 0. The molecule has 1 aliphatic heterocycles. The number of amides is 2. The van der Waals surface area contributed by atoms with Crippen LogP contribution in [0, 0.1) is 0 Å². The van der Waals surface area contributed by atoms with E-state index in [1.807, 2.05) is 7.05 Å². The van der Waals surface area contributed by atoms with E-state index < -0.39 is 11.8 Å². The molecule has 0 aromatic carbocycles. The number of likely N-dealkylation sites (N-methyl/N-ethyl adjacent to an activating group) is 1. The maximum atomic E-state index is 11.5. The number of nitrogens with one attached hydrogen (secondary N) is 1. The van der Waals surface area contributed by atoms with Crippen molar-refractivity contribution in [3.05, 3.63) is 0 Å². The zero-order valence-corrected chi connectivity index (χ0v) is 8.90. The summed E-state index contributed by atoms with van der Waals surface area (Å²) in [5.41, 5.74) is 0. The van der Waals surface area contributed by atoms with Gasteiger partial charge in [0.15, 0.2) is 0 Å². The first kappa shape index (κ1) is 11.9. The molecule has 0 aromatic rings. The molecule has 0 radical (unpaired) electrons. The van der Waals surface area contributed by atoms with Crippen LogP contribution in [-0.4, -0.2) is 73.1 Å². The van der Waals surface area contributed by atoms with Crippen molar-refractivity contribution in [3.63, 3.8) is 0 Å². The molecule has 1 aliphatic rings. The fraction of sp³-hybridized carbons (Fsp3) is 0.778. The van der Waals surface area contributed by atoms with Gasteiger partial charge in [-0.3, -0.25) is 9.59 Å². The van der Waals surface area contributed by atoms with E-state index in [0.29, 0.717) is 13.1 Å². The highest BCUT2D eigenvalue weighted by molar-refractivity contribution is 6.35. The van der Waals surface area contributed by atoms with Crippen molar-refractivity contribution in [1.82, 2.24) is 15.1 Å². The van der Waals surface area contributed by atoms with E-state index in [1.165, 1.54) is 4.90 Å². The number of nitrogens with zero attached hydrogens (tertiary/aromatic N) is 2. The molecular formula is C9H17N3O3. The van der Waals surface area contributed by atoms with Gasteiger partial charge in [-0.2, -0.15) is 0 Å². The predicted octanol–water partition coefficient (Wildman–Crippen LogP) is -2.13. The molecule has 0 spiro atoms. The van der Waals surface area contributed by atoms with Crippen molar-refractivity contribution < 1.29 is 14.7 Å². The normalized spacial score (nSPS) is 17.6. The molecule has 15 heavy (non-hydrogen) atoms. The molecule has 1 rings (SSSR count). The van der Waals surface area contributed by atoms with Crippen molar-refractivity contribution in [1.29, 1.82) is 0 Å². The number of aliphatic hydroxyl groups excluding tert-OH is 1. The third kappa shape index (κ3) is 3.49. The summed E-state index contributed by atoms with van der Waals surface area (Å²) in [6.07, 6.45) is 0. The SMILES string of the molecule is CN1CCN(C(=O)C(=O)NCCO)CC1. The van der Waals surface area contributed by atoms with E-state index in [9.17, 15) is 9.59 Å². The second-order valence-corrected chi connectivity index (χ2v) is 3.57. The molecule has 0 saturated carbocycles. The highest BCUT2D eigenvalue weighted by atomic mass is 16.3. The standard InChI is InChI=1S/C9H17N3O3/c1-11-3-5-12(6-4-11)9(15)8(14)10-2-7-13/h13H,2-7H2,1H3,(H,10,14). The van der Waals surface area contributed by atoms with Gasteiger partial charge in [0.05, 0.1) is 6.61 Å². The number of hydrogen-bond acceptors (Lipinski definition) is 4. The van der Waals surface area contributed by atoms with Gasteiger partial charge in [-0.1, -0.05) is 0 Å². The largest absolute Gasteiger partial charge is 0.395 e. The monoisotopic (exact) mass is 215 g/mol. The summed E-state index contributed by atoms with van der Waals surface area (Å²) in [5.74, 6) is -1.13. The van der Waals surface area contributed by atoms with Crippen LogP contribution >= 0.6 is 0 Å². The quantitative estimate of drug-likeness (QED) is 0.516. The topological polar surface area (TPSA) is 72.9 Å². The first-order valence-corrected chi connectivity index (χ1v) is 5.01. The maximum Gasteiger partial charge on any atom is 0.311 e. The summed E-state index contributed by atoms with van der Waals surface area (Å²) in [6, 6.07) is 0. The van der Waals surface area contributed by atoms with Crippen LogP contribution in [0.4, 0.5) is 0 Å². The molecule has 6 nitrogen and oxygen atoms in total. The Hall–Kier alpha value is -1.14. The van der Waals surface area contributed by atoms with Gasteiger partial charge in [-0.05, 0) is 7.05 Å². The van der Waals surface area contributed by atoms with E-state index in [2.05, 4.69) is 10.2 Å². The lowest BCUT2D eigenvalue weighted by atomic mass is 10.3. The van der Waals surface area contributed by atoms with Crippen LogP contribution in [0.15, 0.2) is 0 Å². The van der Waals surface area contributed by atoms with Crippen molar-refractivity contribution in [2.75, 3.05) is 46.4 Å². The van der Waals surface area contributed by atoms with Crippen LogP contribution in [0.1, 0.15) is 0 Å². The van der Waals surface area contributed by atoms with Crippen LogP contribution < -0.4 is 5.32 Å². The Bertz CT molecular complexity index is 237. The average Bonchev–Trinajstić information content (AvgIpc) is 2.26. The minimum absolute atomic E-state index is 0.123. The Morgan fingerprint density at radius 1 is 1.27 bits per heavy atom. The van der Waals surface area contributed by atoms with Crippen LogP contribution in [0.5, 0.6) is 0 Å². The molecule has 1 fully saturated rings. The minimum Gasteiger partial charge on any atom is -0.395 e. The smallest absolute Gasteiger partial charge is 0.311 e. The molecule has 86 valence electrons. The molecule has 0 atom stereocenters. The zero-order chi connectivity index (χ0) is 11.3. The zero-order valence-electron chi connectivity index (χ0n) is 8.90.